The van der Waals surface area contributed by atoms with E-state index in [1.54, 1.807) is 0 Å². The SMILES string of the molecule is C(CCN1CN1)CCN1CN1. The lowest BCUT2D eigenvalue weighted by Crippen LogP contribution is -2.05. The molecule has 0 aromatic rings. The summed E-state index contributed by atoms with van der Waals surface area (Å²) in [4.78, 5) is 0. The average molecular weight is 156 g/mol. The largest absolute Gasteiger partial charge is 0.238 e. The maximum Gasteiger partial charge on any atom is 0.0754 e. The Labute approximate surface area is 67.5 Å². The predicted octanol–water partition coefficient (Wildman–Crippen LogP) is -0.288. The van der Waals surface area contributed by atoms with Gasteiger partial charge in [-0.15, -0.1) is 0 Å². The van der Waals surface area contributed by atoms with Gasteiger partial charge in [0, 0.05) is 13.1 Å². The van der Waals surface area contributed by atoms with Crippen molar-refractivity contribution in [1.82, 2.24) is 20.9 Å². The van der Waals surface area contributed by atoms with Crippen molar-refractivity contribution >= 4 is 0 Å². The summed E-state index contributed by atoms with van der Waals surface area (Å²) >= 11 is 0. The van der Waals surface area contributed by atoms with Crippen LogP contribution in [0, 0.1) is 0 Å². The van der Waals surface area contributed by atoms with Crippen molar-refractivity contribution < 1.29 is 0 Å². The third-order valence-corrected chi connectivity index (χ3v) is 2.12. The molecular formula is C7H16N4. The molecule has 2 aliphatic heterocycles. The van der Waals surface area contributed by atoms with Crippen LogP contribution in [0.1, 0.15) is 19.3 Å². The summed E-state index contributed by atoms with van der Waals surface area (Å²) < 4.78 is 0. The molecule has 4 heteroatoms. The molecule has 0 saturated carbocycles. The van der Waals surface area contributed by atoms with Gasteiger partial charge in [0.25, 0.3) is 0 Å². The molecule has 2 saturated heterocycles. The quantitative estimate of drug-likeness (QED) is 0.410. The molecule has 2 atom stereocenters. The van der Waals surface area contributed by atoms with E-state index in [9.17, 15) is 0 Å². The number of hydrogen-bond acceptors (Lipinski definition) is 4. The zero-order valence-corrected chi connectivity index (χ0v) is 6.84. The molecule has 11 heavy (non-hydrogen) atoms. The van der Waals surface area contributed by atoms with Crippen molar-refractivity contribution in [1.29, 1.82) is 0 Å². The molecule has 2 unspecified atom stereocenters. The van der Waals surface area contributed by atoms with Gasteiger partial charge in [0.15, 0.2) is 0 Å². The summed E-state index contributed by atoms with van der Waals surface area (Å²) in [5, 5.41) is 4.49. The van der Waals surface area contributed by atoms with Gasteiger partial charge in [-0.05, 0) is 12.8 Å². The van der Waals surface area contributed by atoms with Crippen LogP contribution >= 0.6 is 0 Å². The Morgan fingerprint density at radius 2 is 1.27 bits per heavy atom. The van der Waals surface area contributed by atoms with Gasteiger partial charge in [-0.25, -0.2) is 20.9 Å². The van der Waals surface area contributed by atoms with Crippen LogP contribution in [0.25, 0.3) is 0 Å². The molecule has 2 rings (SSSR count). The van der Waals surface area contributed by atoms with Gasteiger partial charge in [-0.1, -0.05) is 6.42 Å². The van der Waals surface area contributed by atoms with Crippen LogP contribution in [0.2, 0.25) is 0 Å². The highest BCUT2D eigenvalue weighted by Crippen LogP contribution is 2.04. The van der Waals surface area contributed by atoms with Crippen molar-refractivity contribution in [2.45, 2.75) is 19.3 Å². The zero-order valence-electron chi connectivity index (χ0n) is 6.84. The highest BCUT2D eigenvalue weighted by Gasteiger charge is 2.16. The lowest BCUT2D eigenvalue weighted by atomic mass is 10.2. The molecule has 0 bridgehead atoms. The molecule has 0 aromatic carbocycles. The smallest absolute Gasteiger partial charge is 0.0754 e. The van der Waals surface area contributed by atoms with Gasteiger partial charge in [-0.2, -0.15) is 0 Å². The summed E-state index contributed by atoms with van der Waals surface area (Å²) in [7, 11) is 0. The second-order valence-electron chi connectivity index (χ2n) is 3.22. The highest BCUT2D eigenvalue weighted by atomic mass is 15.7. The maximum atomic E-state index is 3.16. The zero-order chi connectivity index (χ0) is 7.52. The second kappa shape index (κ2) is 3.49. The Kier molecular flexibility index (Phi) is 2.38. The Morgan fingerprint density at radius 3 is 1.64 bits per heavy atom. The van der Waals surface area contributed by atoms with Crippen molar-refractivity contribution in [2.75, 3.05) is 26.4 Å². The Bertz CT molecular complexity index is 106. The fourth-order valence-corrected chi connectivity index (χ4v) is 1.20. The molecule has 0 radical (unpaired) electrons. The van der Waals surface area contributed by atoms with Crippen molar-refractivity contribution in [3.05, 3.63) is 0 Å². The van der Waals surface area contributed by atoms with Gasteiger partial charge >= 0.3 is 0 Å². The summed E-state index contributed by atoms with van der Waals surface area (Å²) in [5.74, 6) is 0. The number of rotatable bonds is 6. The van der Waals surface area contributed by atoms with Crippen LogP contribution in [0.15, 0.2) is 0 Å². The fraction of sp³-hybridized carbons (Fsp3) is 1.00. The predicted molar refractivity (Wildman–Crippen MR) is 43.3 cm³/mol. The second-order valence-corrected chi connectivity index (χ2v) is 3.22. The number of hydrogen-bond donors (Lipinski definition) is 2. The minimum absolute atomic E-state index is 1.10. The first-order valence-corrected chi connectivity index (χ1v) is 4.42. The summed E-state index contributed by atoms with van der Waals surface area (Å²) in [6.45, 7) is 4.67. The first-order valence-electron chi connectivity index (χ1n) is 4.42. The number of hydrazine groups is 2. The van der Waals surface area contributed by atoms with Crippen molar-refractivity contribution in [3.63, 3.8) is 0 Å². The number of unbranched alkanes of at least 4 members (excludes halogenated alkanes) is 2. The average Bonchev–Trinajstić information content (AvgIpc) is 2.83. The van der Waals surface area contributed by atoms with E-state index in [1.165, 1.54) is 32.4 Å². The van der Waals surface area contributed by atoms with Gasteiger partial charge in [0.05, 0.1) is 13.3 Å². The Morgan fingerprint density at radius 1 is 0.818 bits per heavy atom. The van der Waals surface area contributed by atoms with E-state index in [4.69, 9.17) is 0 Å². The van der Waals surface area contributed by atoms with Crippen LogP contribution in [0.3, 0.4) is 0 Å². The Balaban J connectivity index is 1.35. The monoisotopic (exact) mass is 156 g/mol. The van der Waals surface area contributed by atoms with Crippen LogP contribution in [0.4, 0.5) is 0 Å². The standard InChI is InChI=1S/C7H16N4/c1(2-4-10-6-8-10)3-5-11-7-9-11/h8-9H,1-7H2. The molecule has 2 N–H and O–H groups in total. The molecule has 0 aliphatic carbocycles. The molecule has 4 nitrogen and oxygen atoms in total. The normalized spacial score (nSPS) is 33.8. The van der Waals surface area contributed by atoms with Crippen LogP contribution in [-0.4, -0.2) is 36.4 Å². The fourth-order valence-electron chi connectivity index (χ4n) is 1.20. The van der Waals surface area contributed by atoms with Gasteiger partial charge in [-0.3, -0.25) is 0 Å². The van der Waals surface area contributed by atoms with Crippen LogP contribution in [-0.2, 0) is 0 Å². The minimum atomic E-state index is 1.10. The topological polar surface area (TPSA) is 49.9 Å². The minimum Gasteiger partial charge on any atom is -0.238 e. The van der Waals surface area contributed by atoms with E-state index in [1.807, 2.05) is 0 Å². The molecular weight excluding hydrogens is 140 g/mol. The van der Waals surface area contributed by atoms with Crippen molar-refractivity contribution in [2.24, 2.45) is 0 Å². The third kappa shape index (κ3) is 3.16. The summed E-state index contributed by atoms with van der Waals surface area (Å²) in [5.41, 5.74) is 6.31. The summed E-state index contributed by atoms with van der Waals surface area (Å²) in [6.07, 6.45) is 4.03. The maximum absolute atomic E-state index is 3.16. The van der Waals surface area contributed by atoms with Gasteiger partial charge in [0.2, 0.25) is 0 Å². The van der Waals surface area contributed by atoms with E-state index < -0.39 is 0 Å². The molecule has 2 aliphatic rings. The highest BCUT2D eigenvalue weighted by molar-refractivity contribution is 4.62. The number of nitrogens with zero attached hydrogens (tertiary/aromatic N) is 2. The van der Waals surface area contributed by atoms with E-state index in [0.717, 1.165) is 13.3 Å². The van der Waals surface area contributed by atoms with E-state index >= 15 is 0 Å². The van der Waals surface area contributed by atoms with Gasteiger partial charge in [0.1, 0.15) is 0 Å². The molecule has 0 spiro atoms. The summed E-state index contributed by atoms with van der Waals surface area (Å²) in [6, 6.07) is 0. The first-order chi connectivity index (χ1) is 5.45. The Hall–Kier alpha value is -0.160. The van der Waals surface area contributed by atoms with Crippen LogP contribution in [0.5, 0.6) is 0 Å². The van der Waals surface area contributed by atoms with E-state index in [2.05, 4.69) is 20.9 Å². The molecule has 2 fully saturated rings. The molecule has 0 aromatic heterocycles. The molecule has 0 amide bonds. The third-order valence-electron chi connectivity index (χ3n) is 2.12. The van der Waals surface area contributed by atoms with Crippen LogP contribution < -0.4 is 10.9 Å². The van der Waals surface area contributed by atoms with Crippen molar-refractivity contribution in [3.8, 4) is 0 Å². The first kappa shape index (κ1) is 7.49. The molecule has 2 heterocycles. The van der Waals surface area contributed by atoms with E-state index in [-0.39, 0.29) is 0 Å². The van der Waals surface area contributed by atoms with Gasteiger partial charge < -0.3 is 0 Å². The van der Waals surface area contributed by atoms with E-state index in [0.29, 0.717) is 0 Å². The number of nitrogens with one attached hydrogen (secondary N) is 2. The lowest BCUT2D eigenvalue weighted by molar-refractivity contribution is 0.442. The molecule has 64 valence electrons. The lowest BCUT2D eigenvalue weighted by Gasteiger charge is -1.99.